The summed E-state index contributed by atoms with van der Waals surface area (Å²) >= 11 is 0. The van der Waals surface area contributed by atoms with Gasteiger partial charge in [0.05, 0.1) is 10.8 Å². The molecule has 0 heterocycles. The monoisotopic (exact) mass is 188 g/mol. The average molecular weight is 188 g/mol. The molecule has 0 N–H and O–H groups in total. The van der Waals surface area contributed by atoms with E-state index in [0.29, 0.717) is 5.92 Å². The maximum Gasteiger partial charge on any atom is 0.0509 e. The summed E-state index contributed by atoms with van der Waals surface area (Å²) in [7, 11) is -0.850. The SMILES string of the molecule is C/C(=C\S(=O)C(C)(C)C)C(C)C. The van der Waals surface area contributed by atoms with Crippen LogP contribution in [0.15, 0.2) is 11.0 Å². The van der Waals surface area contributed by atoms with Gasteiger partial charge in [-0.15, -0.1) is 0 Å². The van der Waals surface area contributed by atoms with Gasteiger partial charge in [-0.25, -0.2) is 0 Å². The third-order valence-corrected chi connectivity index (χ3v) is 3.60. The molecule has 0 amide bonds. The molecule has 2 heteroatoms. The molecule has 0 aliphatic heterocycles. The Hall–Kier alpha value is -0.110. The van der Waals surface area contributed by atoms with Gasteiger partial charge in [-0.05, 0) is 33.6 Å². The molecule has 0 spiro atoms. The summed E-state index contributed by atoms with van der Waals surface area (Å²) in [5, 5.41) is 1.88. The van der Waals surface area contributed by atoms with Crippen LogP contribution in [0.4, 0.5) is 0 Å². The van der Waals surface area contributed by atoms with E-state index in [0.717, 1.165) is 0 Å². The second-order valence-electron chi connectivity index (χ2n) is 4.43. The molecule has 0 saturated heterocycles. The summed E-state index contributed by atoms with van der Waals surface area (Å²) < 4.78 is 11.5. The maximum absolute atomic E-state index is 11.6. The van der Waals surface area contributed by atoms with E-state index < -0.39 is 10.8 Å². The topological polar surface area (TPSA) is 17.1 Å². The van der Waals surface area contributed by atoms with Crippen molar-refractivity contribution in [1.82, 2.24) is 0 Å². The van der Waals surface area contributed by atoms with E-state index in [2.05, 4.69) is 13.8 Å². The first-order valence-corrected chi connectivity index (χ1v) is 5.55. The zero-order valence-electron chi connectivity index (χ0n) is 8.97. The molecule has 0 saturated carbocycles. The van der Waals surface area contributed by atoms with E-state index in [1.807, 2.05) is 33.1 Å². The molecule has 1 nitrogen and oxygen atoms in total. The zero-order valence-corrected chi connectivity index (χ0v) is 9.79. The molecule has 1 atom stereocenters. The third-order valence-electron chi connectivity index (χ3n) is 1.81. The van der Waals surface area contributed by atoms with Crippen molar-refractivity contribution in [2.45, 2.75) is 46.3 Å². The number of allylic oxidation sites excluding steroid dienone is 1. The van der Waals surface area contributed by atoms with Gasteiger partial charge in [0.2, 0.25) is 0 Å². The molecular weight excluding hydrogens is 168 g/mol. The van der Waals surface area contributed by atoms with Gasteiger partial charge in [0, 0.05) is 10.2 Å². The molecule has 0 radical (unpaired) electrons. The summed E-state index contributed by atoms with van der Waals surface area (Å²) in [5.41, 5.74) is 1.21. The predicted octanol–water partition coefficient (Wildman–Crippen LogP) is 3.09. The first-order chi connectivity index (χ1) is 5.25. The summed E-state index contributed by atoms with van der Waals surface area (Å²) in [6, 6.07) is 0. The van der Waals surface area contributed by atoms with Crippen molar-refractivity contribution in [1.29, 1.82) is 0 Å². The Labute approximate surface area is 78.7 Å². The Bertz CT molecular complexity index is 196. The molecule has 72 valence electrons. The summed E-state index contributed by atoms with van der Waals surface area (Å²) in [6.45, 7) is 12.2. The highest BCUT2D eigenvalue weighted by Crippen LogP contribution is 2.16. The van der Waals surface area contributed by atoms with E-state index in [9.17, 15) is 4.21 Å². The maximum atomic E-state index is 11.6. The van der Waals surface area contributed by atoms with Gasteiger partial charge in [0.25, 0.3) is 0 Å². The lowest BCUT2D eigenvalue weighted by Gasteiger charge is -2.16. The normalized spacial score (nSPS) is 16.8. The molecule has 0 bridgehead atoms. The van der Waals surface area contributed by atoms with Crippen molar-refractivity contribution in [3.63, 3.8) is 0 Å². The van der Waals surface area contributed by atoms with Crippen molar-refractivity contribution in [3.8, 4) is 0 Å². The largest absolute Gasteiger partial charge is 0.254 e. The van der Waals surface area contributed by atoms with Gasteiger partial charge in [0.1, 0.15) is 0 Å². The van der Waals surface area contributed by atoms with E-state index >= 15 is 0 Å². The number of hydrogen-bond acceptors (Lipinski definition) is 1. The van der Waals surface area contributed by atoms with Crippen LogP contribution in [0.2, 0.25) is 0 Å². The second-order valence-corrected chi connectivity index (χ2v) is 6.48. The smallest absolute Gasteiger partial charge is 0.0509 e. The van der Waals surface area contributed by atoms with Crippen LogP contribution in [0, 0.1) is 5.92 Å². The molecule has 0 aliphatic rings. The van der Waals surface area contributed by atoms with Crippen LogP contribution in [0.1, 0.15) is 41.5 Å². The average Bonchev–Trinajstić information content (AvgIpc) is 1.85. The lowest BCUT2D eigenvalue weighted by Crippen LogP contribution is -2.20. The van der Waals surface area contributed by atoms with Crippen molar-refractivity contribution in [2.24, 2.45) is 5.92 Å². The summed E-state index contributed by atoms with van der Waals surface area (Å²) in [5.74, 6) is 0.497. The van der Waals surface area contributed by atoms with Gasteiger partial charge in [0.15, 0.2) is 0 Å². The number of hydrogen-bond donors (Lipinski definition) is 0. The third kappa shape index (κ3) is 4.05. The zero-order chi connectivity index (χ0) is 9.94. The number of rotatable bonds is 2. The fraction of sp³-hybridized carbons (Fsp3) is 0.800. The summed E-state index contributed by atoms with van der Waals surface area (Å²) in [4.78, 5) is 0. The highest BCUT2D eigenvalue weighted by atomic mass is 32.2. The molecule has 0 aromatic rings. The van der Waals surface area contributed by atoms with Crippen molar-refractivity contribution < 1.29 is 4.21 Å². The van der Waals surface area contributed by atoms with E-state index in [4.69, 9.17) is 0 Å². The standard InChI is InChI=1S/C10H20OS/c1-8(2)9(3)7-12(11)10(4,5)6/h7-8H,1-6H3/b9-7+. The molecule has 0 rings (SSSR count). The highest BCUT2D eigenvalue weighted by Gasteiger charge is 2.17. The molecule has 1 unspecified atom stereocenters. The fourth-order valence-corrected chi connectivity index (χ4v) is 1.45. The van der Waals surface area contributed by atoms with Crippen LogP contribution >= 0.6 is 0 Å². The summed E-state index contributed by atoms with van der Waals surface area (Å²) in [6.07, 6.45) is 0. The van der Waals surface area contributed by atoms with Crippen LogP contribution in [-0.4, -0.2) is 8.96 Å². The van der Waals surface area contributed by atoms with Gasteiger partial charge in [-0.1, -0.05) is 19.4 Å². The van der Waals surface area contributed by atoms with Gasteiger partial charge in [-0.2, -0.15) is 0 Å². The minimum atomic E-state index is -0.850. The van der Waals surface area contributed by atoms with Crippen LogP contribution in [0.3, 0.4) is 0 Å². The van der Waals surface area contributed by atoms with E-state index in [1.165, 1.54) is 5.57 Å². The van der Waals surface area contributed by atoms with Gasteiger partial charge >= 0.3 is 0 Å². The Morgan fingerprint density at radius 2 is 1.75 bits per heavy atom. The lowest BCUT2D eigenvalue weighted by molar-refractivity contribution is 0.655. The Balaban J connectivity index is 4.46. The molecule has 0 aromatic heterocycles. The molecule has 0 fully saturated rings. The first kappa shape index (κ1) is 11.9. The van der Waals surface area contributed by atoms with Crippen LogP contribution in [0.5, 0.6) is 0 Å². The molecule has 0 aliphatic carbocycles. The minimum absolute atomic E-state index is 0.129. The lowest BCUT2D eigenvalue weighted by atomic mass is 10.1. The van der Waals surface area contributed by atoms with E-state index in [-0.39, 0.29) is 4.75 Å². The quantitative estimate of drug-likeness (QED) is 0.651. The molecular formula is C10H20OS. The fourth-order valence-electron chi connectivity index (χ4n) is 0.482. The minimum Gasteiger partial charge on any atom is -0.254 e. The first-order valence-electron chi connectivity index (χ1n) is 4.34. The van der Waals surface area contributed by atoms with Crippen molar-refractivity contribution in [3.05, 3.63) is 11.0 Å². The van der Waals surface area contributed by atoms with Crippen LogP contribution in [-0.2, 0) is 10.8 Å². The van der Waals surface area contributed by atoms with Crippen molar-refractivity contribution in [2.75, 3.05) is 0 Å². The predicted molar refractivity (Wildman–Crippen MR) is 56.5 cm³/mol. The van der Waals surface area contributed by atoms with Gasteiger partial charge in [-0.3, -0.25) is 4.21 Å². The molecule has 0 aromatic carbocycles. The van der Waals surface area contributed by atoms with Crippen LogP contribution < -0.4 is 0 Å². The van der Waals surface area contributed by atoms with Gasteiger partial charge < -0.3 is 0 Å². The highest BCUT2D eigenvalue weighted by molar-refractivity contribution is 7.89. The van der Waals surface area contributed by atoms with Crippen molar-refractivity contribution >= 4 is 10.8 Å². The second kappa shape index (κ2) is 4.22. The Kier molecular flexibility index (Phi) is 4.18. The Morgan fingerprint density at radius 3 is 2.00 bits per heavy atom. The van der Waals surface area contributed by atoms with Crippen LogP contribution in [0.25, 0.3) is 0 Å². The Morgan fingerprint density at radius 1 is 1.33 bits per heavy atom. The van der Waals surface area contributed by atoms with E-state index in [1.54, 1.807) is 0 Å². The molecule has 12 heavy (non-hydrogen) atoms.